The highest BCUT2D eigenvalue weighted by Gasteiger charge is 2.42. The molecule has 1 aliphatic carbocycles. The smallest absolute Gasteiger partial charge is 0.307 e. The van der Waals surface area contributed by atoms with Crippen LogP contribution in [-0.4, -0.2) is 28.9 Å². The molecule has 2 amide bonds. The summed E-state index contributed by atoms with van der Waals surface area (Å²) >= 11 is 0. The van der Waals surface area contributed by atoms with Gasteiger partial charge in [-0.25, -0.2) is 0 Å². The number of aliphatic carboxylic acids is 1. The minimum atomic E-state index is -0.946. The zero-order chi connectivity index (χ0) is 13.9. The Labute approximate surface area is 106 Å². The number of amides is 2. The van der Waals surface area contributed by atoms with Crippen molar-refractivity contribution in [3.63, 3.8) is 0 Å². The maximum Gasteiger partial charge on any atom is 0.307 e. The Hall–Kier alpha value is -1.59. The zero-order valence-corrected chi connectivity index (χ0v) is 10.7. The van der Waals surface area contributed by atoms with E-state index in [1.165, 1.54) is 6.92 Å². The van der Waals surface area contributed by atoms with Gasteiger partial charge in [0.15, 0.2) is 0 Å². The minimum Gasteiger partial charge on any atom is -0.481 e. The molecular formula is C12H20N2O4. The summed E-state index contributed by atoms with van der Waals surface area (Å²) in [6, 6.07) is -0.771. The fourth-order valence-corrected chi connectivity index (χ4v) is 2.43. The Morgan fingerprint density at radius 3 is 2.33 bits per heavy atom. The molecule has 0 saturated heterocycles. The van der Waals surface area contributed by atoms with E-state index in [1.54, 1.807) is 0 Å². The van der Waals surface area contributed by atoms with Crippen molar-refractivity contribution in [2.45, 2.75) is 39.2 Å². The molecular weight excluding hydrogens is 236 g/mol. The number of primary amides is 1. The second-order valence-electron chi connectivity index (χ2n) is 4.93. The molecule has 0 aromatic carbocycles. The molecule has 0 radical (unpaired) electrons. The first-order valence-electron chi connectivity index (χ1n) is 6.19. The van der Waals surface area contributed by atoms with Gasteiger partial charge in [-0.3, -0.25) is 14.4 Å². The third-order valence-electron chi connectivity index (χ3n) is 3.68. The van der Waals surface area contributed by atoms with Gasteiger partial charge in [-0.2, -0.15) is 0 Å². The van der Waals surface area contributed by atoms with E-state index in [4.69, 9.17) is 10.8 Å². The maximum atomic E-state index is 12.0. The van der Waals surface area contributed by atoms with Crippen molar-refractivity contribution in [2.24, 2.45) is 23.5 Å². The predicted molar refractivity (Wildman–Crippen MR) is 64.4 cm³/mol. The van der Waals surface area contributed by atoms with Crippen molar-refractivity contribution in [1.29, 1.82) is 0 Å². The van der Waals surface area contributed by atoms with Gasteiger partial charge >= 0.3 is 5.97 Å². The van der Waals surface area contributed by atoms with E-state index in [9.17, 15) is 14.4 Å². The molecule has 0 aromatic rings. The van der Waals surface area contributed by atoms with Crippen LogP contribution >= 0.6 is 0 Å². The van der Waals surface area contributed by atoms with Gasteiger partial charge in [0.05, 0.1) is 11.8 Å². The Morgan fingerprint density at radius 1 is 1.33 bits per heavy atom. The van der Waals surface area contributed by atoms with E-state index < -0.39 is 29.8 Å². The molecule has 6 nitrogen and oxygen atoms in total. The quantitative estimate of drug-likeness (QED) is 0.648. The van der Waals surface area contributed by atoms with Gasteiger partial charge in [0, 0.05) is 0 Å². The van der Waals surface area contributed by atoms with Gasteiger partial charge in [0.2, 0.25) is 11.8 Å². The lowest BCUT2D eigenvalue weighted by atomic mass is 9.95. The van der Waals surface area contributed by atoms with Crippen molar-refractivity contribution in [3.05, 3.63) is 0 Å². The summed E-state index contributed by atoms with van der Waals surface area (Å²) in [5.41, 5.74) is 5.06. The number of carboxylic acid groups (broad SMARTS) is 1. The molecule has 1 aliphatic rings. The molecule has 0 spiro atoms. The first-order valence-corrected chi connectivity index (χ1v) is 6.19. The van der Waals surface area contributed by atoms with Crippen LogP contribution in [0.1, 0.15) is 33.1 Å². The third-order valence-corrected chi connectivity index (χ3v) is 3.68. The fourth-order valence-electron chi connectivity index (χ4n) is 2.43. The number of rotatable bonds is 5. The summed E-state index contributed by atoms with van der Waals surface area (Å²) in [7, 11) is 0. The lowest BCUT2D eigenvalue weighted by Gasteiger charge is -2.17. The SMILES string of the molecule is CCC1C[C@H](C(=O)NC(C)C(N)=O)[C@H](C(=O)O)C1. The number of carbonyl (C=O) groups is 3. The summed E-state index contributed by atoms with van der Waals surface area (Å²) in [5.74, 6) is -2.92. The maximum absolute atomic E-state index is 12.0. The van der Waals surface area contributed by atoms with E-state index in [0.717, 1.165) is 6.42 Å². The molecule has 1 saturated carbocycles. The number of hydrogen-bond acceptors (Lipinski definition) is 3. The van der Waals surface area contributed by atoms with Crippen LogP contribution in [-0.2, 0) is 14.4 Å². The molecule has 2 unspecified atom stereocenters. The lowest BCUT2D eigenvalue weighted by molar-refractivity contribution is -0.146. The second-order valence-corrected chi connectivity index (χ2v) is 4.93. The number of nitrogens with two attached hydrogens (primary N) is 1. The van der Waals surface area contributed by atoms with Crippen molar-refractivity contribution >= 4 is 17.8 Å². The monoisotopic (exact) mass is 256 g/mol. The molecule has 0 aromatic heterocycles. The van der Waals surface area contributed by atoms with Crippen molar-refractivity contribution in [1.82, 2.24) is 5.32 Å². The highest BCUT2D eigenvalue weighted by Crippen LogP contribution is 2.38. The van der Waals surface area contributed by atoms with Gasteiger partial charge in [0.25, 0.3) is 0 Å². The molecule has 0 bridgehead atoms. The van der Waals surface area contributed by atoms with Crippen LogP contribution in [0.5, 0.6) is 0 Å². The summed E-state index contributed by atoms with van der Waals surface area (Å²) in [6.45, 7) is 3.47. The zero-order valence-electron chi connectivity index (χ0n) is 10.7. The van der Waals surface area contributed by atoms with Crippen LogP contribution in [0, 0.1) is 17.8 Å². The highest BCUT2D eigenvalue weighted by molar-refractivity contribution is 5.89. The standard InChI is InChI=1S/C12H20N2O4/c1-3-7-4-8(9(5-7)12(17)18)11(16)14-6(2)10(13)15/h6-9H,3-5H2,1-2H3,(H2,13,15)(H,14,16)(H,17,18)/t6?,7?,8-,9+/m0/s1. The van der Waals surface area contributed by atoms with Crippen molar-refractivity contribution in [2.75, 3.05) is 0 Å². The second kappa shape index (κ2) is 5.84. The third kappa shape index (κ3) is 3.21. The van der Waals surface area contributed by atoms with E-state index in [1.807, 2.05) is 6.92 Å². The van der Waals surface area contributed by atoms with Gasteiger partial charge in [-0.05, 0) is 25.7 Å². The predicted octanol–water partition coefficient (Wildman–Crippen LogP) is 0.113. The Balaban J connectivity index is 2.70. The topological polar surface area (TPSA) is 109 Å². The number of nitrogens with one attached hydrogen (secondary N) is 1. The van der Waals surface area contributed by atoms with Gasteiger partial charge in [0.1, 0.15) is 6.04 Å². The Kier molecular flexibility index (Phi) is 4.69. The van der Waals surface area contributed by atoms with Gasteiger partial charge < -0.3 is 16.2 Å². The molecule has 1 rings (SSSR count). The molecule has 4 atom stereocenters. The number of carbonyl (C=O) groups excluding carboxylic acids is 2. The minimum absolute atomic E-state index is 0.255. The molecule has 1 fully saturated rings. The van der Waals surface area contributed by atoms with Crippen LogP contribution in [0.25, 0.3) is 0 Å². The molecule has 0 aliphatic heterocycles. The summed E-state index contributed by atoms with van der Waals surface area (Å²) < 4.78 is 0. The van der Waals surface area contributed by atoms with E-state index >= 15 is 0 Å². The lowest BCUT2D eigenvalue weighted by Crippen LogP contribution is -2.46. The summed E-state index contributed by atoms with van der Waals surface area (Å²) in [6.07, 6.45) is 1.94. The van der Waals surface area contributed by atoms with E-state index in [-0.39, 0.29) is 11.8 Å². The fraction of sp³-hybridized carbons (Fsp3) is 0.750. The Bertz CT molecular complexity index is 356. The van der Waals surface area contributed by atoms with Gasteiger partial charge in [-0.1, -0.05) is 13.3 Å². The first kappa shape index (κ1) is 14.5. The van der Waals surface area contributed by atoms with E-state index in [0.29, 0.717) is 12.8 Å². The van der Waals surface area contributed by atoms with Crippen LogP contribution in [0.4, 0.5) is 0 Å². The van der Waals surface area contributed by atoms with Crippen molar-refractivity contribution < 1.29 is 19.5 Å². The molecule has 6 heteroatoms. The molecule has 0 heterocycles. The molecule has 102 valence electrons. The van der Waals surface area contributed by atoms with Crippen LogP contribution in [0.2, 0.25) is 0 Å². The van der Waals surface area contributed by atoms with E-state index in [2.05, 4.69) is 5.32 Å². The van der Waals surface area contributed by atoms with Crippen LogP contribution in [0.15, 0.2) is 0 Å². The average Bonchev–Trinajstić information content (AvgIpc) is 2.72. The number of carboxylic acids is 1. The normalized spacial score (nSPS) is 28.7. The van der Waals surface area contributed by atoms with Crippen molar-refractivity contribution in [3.8, 4) is 0 Å². The van der Waals surface area contributed by atoms with Crippen LogP contribution < -0.4 is 11.1 Å². The summed E-state index contributed by atoms with van der Waals surface area (Å²) in [4.78, 5) is 34.0. The van der Waals surface area contributed by atoms with Gasteiger partial charge in [-0.15, -0.1) is 0 Å². The number of hydrogen-bond donors (Lipinski definition) is 3. The van der Waals surface area contributed by atoms with Crippen LogP contribution in [0.3, 0.4) is 0 Å². The average molecular weight is 256 g/mol. The Morgan fingerprint density at radius 2 is 1.89 bits per heavy atom. The largest absolute Gasteiger partial charge is 0.481 e. The molecule has 4 N–H and O–H groups in total. The highest BCUT2D eigenvalue weighted by atomic mass is 16.4. The first-order chi connectivity index (χ1) is 8.36. The molecule has 18 heavy (non-hydrogen) atoms. The summed E-state index contributed by atoms with van der Waals surface area (Å²) in [5, 5.41) is 11.6.